The lowest BCUT2D eigenvalue weighted by molar-refractivity contribution is 0.415. The van der Waals surface area contributed by atoms with Crippen LogP contribution in [-0.4, -0.2) is 26.7 Å². The fraction of sp³-hybridized carbons (Fsp3) is 0.235. The van der Waals surface area contributed by atoms with Gasteiger partial charge in [-0.2, -0.15) is 0 Å². The Balaban J connectivity index is 1.97. The Morgan fingerprint density at radius 1 is 1.27 bits per heavy atom. The number of ether oxygens (including phenoxy) is 1. The van der Waals surface area contributed by atoms with Crippen molar-refractivity contribution < 1.29 is 4.74 Å². The number of nitrogens with one attached hydrogen (secondary N) is 2. The van der Waals surface area contributed by atoms with E-state index in [2.05, 4.69) is 45.8 Å². The summed E-state index contributed by atoms with van der Waals surface area (Å²) >= 11 is 1.73. The molecule has 0 aliphatic rings. The highest BCUT2D eigenvalue weighted by Crippen LogP contribution is 2.27. The molecule has 0 unspecified atom stereocenters. The van der Waals surface area contributed by atoms with Crippen molar-refractivity contribution in [3.8, 4) is 16.9 Å². The zero-order valence-electron chi connectivity index (χ0n) is 12.9. The molecule has 0 amide bonds. The van der Waals surface area contributed by atoms with Crippen LogP contribution in [0.4, 0.5) is 0 Å². The number of aliphatic imine (C=N–C) groups is 1. The molecule has 0 atom stereocenters. The molecule has 4 nitrogen and oxygen atoms in total. The second-order valence-corrected chi connectivity index (χ2v) is 5.62. The molecule has 1 aromatic heterocycles. The lowest BCUT2D eigenvalue weighted by atomic mass is 10.1. The Labute approximate surface area is 135 Å². The maximum Gasteiger partial charge on any atom is 0.191 e. The van der Waals surface area contributed by atoms with Gasteiger partial charge in [-0.15, -0.1) is 17.9 Å². The van der Waals surface area contributed by atoms with Crippen molar-refractivity contribution >= 4 is 17.3 Å². The first-order chi connectivity index (χ1) is 10.8. The normalized spacial score (nSPS) is 11.1. The molecule has 0 bridgehead atoms. The van der Waals surface area contributed by atoms with E-state index in [4.69, 9.17) is 4.74 Å². The first kappa shape index (κ1) is 16.1. The first-order valence-corrected chi connectivity index (χ1v) is 7.92. The Morgan fingerprint density at radius 2 is 2.05 bits per heavy atom. The predicted octanol–water partition coefficient (Wildman–Crippen LogP) is 3.27. The highest BCUT2D eigenvalue weighted by Gasteiger charge is 2.04. The molecule has 22 heavy (non-hydrogen) atoms. The minimum Gasteiger partial charge on any atom is -0.497 e. The molecule has 0 radical (unpaired) electrons. The van der Waals surface area contributed by atoms with E-state index in [0.717, 1.165) is 18.3 Å². The molecule has 1 aromatic carbocycles. The summed E-state index contributed by atoms with van der Waals surface area (Å²) in [6.45, 7) is 5.13. The molecule has 1 heterocycles. The number of thiophene rings is 1. The first-order valence-electron chi connectivity index (χ1n) is 7.04. The van der Waals surface area contributed by atoms with E-state index >= 15 is 0 Å². The summed E-state index contributed by atoms with van der Waals surface area (Å²) in [6, 6.07) is 10.3. The summed E-state index contributed by atoms with van der Waals surface area (Å²) < 4.78 is 5.19. The molecule has 116 valence electrons. The third-order valence-electron chi connectivity index (χ3n) is 3.14. The van der Waals surface area contributed by atoms with Gasteiger partial charge in [-0.3, -0.25) is 4.99 Å². The molecule has 0 aliphatic heterocycles. The molecule has 0 aliphatic carbocycles. The van der Waals surface area contributed by atoms with Crippen LogP contribution in [0.15, 0.2) is 53.4 Å². The van der Waals surface area contributed by atoms with Crippen molar-refractivity contribution in [1.82, 2.24) is 10.6 Å². The minimum atomic E-state index is 0.696. The van der Waals surface area contributed by atoms with Gasteiger partial charge in [-0.05, 0) is 34.7 Å². The lowest BCUT2D eigenvalue weighted by Crippen LogP contribution is -2.36. The van der Waals surface area contributed by atoms with Crippen molar-refractivity contribution in [2.45, 2.75) is 6.54 Å². The van der Waals surface area contributed by atoms with Crippen molar-refractivity contribution in [3.63, 3.8) is 0 Å². The Hall–Kier alpha value is -2.27. The number of benzene rings is 1. The number of rotatable bonds is 6. The van der Waals surface area contributed by atoms with Crippen molar-refractivity contribution in [1.29, 1.82) is 0 Å². The topological polar surface area (TPSA) is 45.7 Å². The van der Waals surface area contributed by atoms with E-state index in [-0.39, 0.29) is 0 Å². The van der Waals surface area contributed by atoms with Crippen molar-refractivity contribution in [2.75, 3.05) is 20.7 Å². The fourth-order valence-electron chi connectivity index (χ4n) is 1.97. The average molecular weight is 315 g/mol. The molecule has 0 saturated heterocycles. The van der Waals surface area contributed by atoms with E-state index in [1.54, 1.807) is 31.6 Å². The molecule has 0 saturated carbocycles. The lowest BCUT2D eigenvalue weighted by Gasteiger charge is -2.08. The molecular formula is C17H21N3OS. The second-order valence-electron chi connectivity index (χ2n) is 4.63. The van der Waals surface area contributed by atoms with Crippen molar-refractivity contribution in [3.05, 3.63) is 53.2 Å². The average Bonchev–Trinajstić information content (AvgIpc) is 3.04. The standard InChI is InChI=1S/C17H21N3OS/c1-4-9-19-17(18-2)20-11-16-10-14(12-22-16)13-5-7-15(21-3)8-6-13/h4-8,10,12H,1,9,11H2,2-3H3,(H2,18,19,20). The molecule has 0 fully saturated rings. The van der Waals surface area contributed by atoms with Gasteiger partial charge in [0.25, 0.3) is 0 Å². The monoisotopic (exact) mass is 315 g/mol. The summed E-state index contributed by atoms with van der Waals surface area (Å²) in [5.41, 5.74) is 2.41. The van der Waals surface area contributed by atoms with E-state index in [1.165, 1.54) is 16.0 Å². The van der Waals surface area contributed by atoms with Crippen LogP contribution >= 0.6 is 11.3 Å². The summed E-state index contributed by atoms with van der Waals surface area (Å²) in [5, 5.41) is 8.60. The van der Waals surface area contributed by atoms with Crippen LogP contribution in [0.2, 0.25) is 0 Å². The van der Waals surface area contributed by atoms with Crippen LogP contribution in [0.25, 0.3) is 11.1 Å². The number of nitrogens with zero attached hydrogens (tertiary/aromatic N) is 1. The Kier molecular flexibility index (Phi) is 6.03. The zero-order valence-corrected chi connectivity index (χ0v) is 13.7. The smallest absolute Gasteiger partial charge is 0.191 e. The fourth-order valence-corrected chi connectivity index (χ4v) is 2.80. The molecule has 2 rings (SSSR count). The molecule has 2 N–H and O–H groups in total. The van der Waals surface area contributed by atoms with Crippen LogP contribution < -0.4 is 15.4 Å². The van der Waals surface area contributed by atoms with E-state index in [1.807, 2.05) is 12.1 Å². The third-order valence-corrected chi connectivity index (χ3v) is 4.08. The van der Waals surface area contributed by atoms with Crippen LogP contribution in [-0.2, 0) is 6.54 Å². The second kappa shape index (κ2) is 8.24. The van der Waals surface area contributed by atoms with Gasteiger partial charge in [0.2, 0.25) is 0 Å². The summed E-state index contributed by atoms with van der Waals surface area (Å²) in [7, 11) is 3.44. The van der Waals surface area contributed by atoms with Crippen molar-refractivity contribution in [2.24, 2.45) is 4.99 Å². The van der Waals surface area contributed by atoms with Gasteiger partial charge in [0.05, 0.1) is 13.7 Å². The third kappa shape index (κ3) is 4.36. The van der Waals surface area contributed by atoms with Gasteiger partial charge >= 0.3 is 0 Å². The van der Waals surface area contributed by atoms with Gasteiger partial charge in [-0.25, -0.2) is 0 Å². The number of hydrogen-bond acceptors (Lipinski definition) is 3. The SMILES string of the molecule is C=CCNC(=NC)NCc1cc(-c2ccc(OC)cc2)cs1. The number of hydrogen-bond donors (Lipinski definition) is 2. The summed E-state index contributed by atoms with van der Waals surface area (Å²) in [5.74, 6) is 1.65. The molecule has 2 aromatic rings. The van der Waals surface area contributed by atoms with Gasteiger partial charge in [-0.1, -0.05) is 18.2 Å². The number of guanidine groups is 1. The summed E-state index contributed by atoms with van der Waals surface area (Å²) in [4.78, 5) is 5.42. The van der Waals surface area contributed by atoms with E-state index < -0.39 is 0 Å². The quantitative estimate of drug-likeness (QED) is 0.488. The van der Waals surface area contributed by atoms with Gasteiger partial charge in [0.1, 0.15) is 5.75 Å². The summed E-state index contributed by atoms with van der Waals surface area (Å²) in [6.07, 6.45) is 1.81. The predicted molar refractivity (Wildman–Crippen MR) is 94.7 cm³/mol. The number of methoxy groups -OCH3 is 1. The van der Waals surface area contributed by atoms with Gasteiger partial charge < -0.3 is 15.4 Å². The van der Waals surface area contributed by atoms with Gasteiger partial charge in [0, 0.05) is 18.5 Å². The highest BCUT2D eigenvalue weighted by atomic mass is 32.1. The molecule has 0 spiro atoms. The largest absolute Gasteiger partial charge is 0.497 e. The molecule has 5 heteroatoms. The Bertz CT molecular complexity index is 632. The van der Waals surface area contributed by atoms with E-state index in [9.17, 15) is 0 Å². The van der Waals surface area contributed by atoms with Crippen LogP contribution in [0.5, 0.6) is 5.75 Å². The highest BCUT2D eigenvalue weighted by molar-refractivity contribution is 7.10. The maximum atomic E-state index is 5.19. The Morgan fingerprint density at radius 3 is 2.68 bits per heavy atom. The minimum absolute atomic E-state index is 0.696. The molecular weight excluding hydrogens is 294 g/mol. The van der Waals surface area contributed by atoms with E-state index in [0.29, 0.717) is 6.54 Å². The van der Waals surface area contributed by atoms with Crippen LogP contribution in [0, 0.1) is 0 Å². The zero-order chi connectivity index (χ0) is 15.8. The maximum absolute atomic E-state index is 5.19. The van der Waals surface area contributed by atoms with Crippen LogP contribution in [0.1, 0.15) is 4.88 Å². The van der Waals surface area contributed by atoms with Gasteiger partial charge in [0.15, 0.2) is 5.96 Å². The van der Waals surface area contributed by atoms with Crippen LogP contribution in [0.3, 0.4) is 0 Å².